The van der Waals surface area contributed by atoms with E-state index in [0.717, 1.165) is 36.1 Å². The summed E-state index contributed by atoms with van der Waals surface area (Å²) in [4.78, 5) is 52.2. The van der Waals surface area contributed by atoms with Crippen molar-refractivity contribution in [3.05, 3.63) is 29.8 Å². The number of carbonyl (C=O) groups is 4. The van der Waals surface area contributed by atoms with Crippen molar-refractivity contribution in [3.63, 3.8) is 0 Å². The lowest BCUT2D eigenvalue weighted by molar-refractivity contribution is -0.156. The smallest absolute Gasteiger partial charge is 0.332 e. The second-order valence-electron chi connectivity index (χ2n) is 8.06. The summed E-state index contributed by atoms with van der Waals surface area (Å²) in [6, 6.07) is 6.03. The van der Waals surface area contributed by atoms with E-state index >= 15 is 0 Å². The van der Waals surface area contributed by atoms with Crippen LogP contribution in [0.15, 0.2) is 24.3 Å². The van der Waals surface area contributed by atoms with Gasteiger partial charge in [0.1, 0.15) is 12.6 Å². The maximum Gasteiger partial charge on any atom is 0.332 e. The molecule has 8 nitrogen and oxygen atoms in total. The van der Waals surface area contributed by atoms with Crippen LogP contribution in [-0.2, 0) is 19.1 Å². The van der Waals surface area contributed by atoms with Crippen molar-refractivity contribution in [2.75, 3.05) is 11.4 Å². The lowest BCUT2D eigenvalue weighted by Crippen LogP contribution is -2.44. The number of amides is 4. The highest BCUT2D eigenvalue weighted by molar-refractivity contribution is 6.15. The van der Waals surface area contributed by atoms with E-state index in [-0.39, 0.29) is 11.9 Å². The van der Waals surface area contributed by atoms with Gasteiger partial charge < -0.3 is 10.1 Å². The van der Waals surface area contributed by atoms with E-state index in [2.05, 4.69) is 5.32 Å². The third-order valence-corrected chi connectivity index (χ3v) is 5.68. The highest BCUT2D eigenvalue weighted by Gasteiger charge is 2.44. The third-order valence-electron chi connectivity index (χ3n) is 5.68. The SMILES string of the molecule is Cc1ccc(N2C(=O)N(CC(=O)O[C@@H](C)C(=O)NC3CCCCC3)C(=O)[C@@H]2C)cc1. The molecule has 0 aromatic heterocycles. The Morgan fingerprint density at radius 3 is 2.40 bits per heavy atom. The summed E-state index contributed by atoms with van der Waals surface area (Å²) in [6.07, 6.45) is 4.19. The van der Waals surface area contributed by atoms with Gasteiger partial charge in [-0.25, -0.2) is 4.79 Å². The van der Waals surface area contributed by atoms with Gasteiger partial charge in [0.25, 0.3) is 11.8 Å². The minimum atomic E-state index is -0.988. The van der Waals surface area contributed by atoms with Crippen molar-refractivity contribution in [3.8, 4) is 0 Å². The molecule has 1 aliphatic carbocycles. The van der Waals surface area contributed by atoms with Gasteiger partial charge in [-0.15, -0.1) is 0 Å². The fourth-order valence-electron chi connectivity index (χ4n) is 3.89. The molecule has 1 saturated carbocycles. The van der Waals surface area contributed by atoms with Crippen molar-refractivity contribution in [2.45, 2.75) is 71.1 Å². The van der Waals surface area contributed by atoms with Crippen LogP contribution in [-0.4, -0.2) is 53.4 Å². The first kappa shape index (κ1) is 21.8. The first-order valence-electron chi connectivity index (χ1n) is 10.5. The van der Waals surface area contributed by atoms with Gasteiger partial charge in [-0.1, -0.05) is 37.0 Å². The first-order chi connectivity index (χ1) is 14.3. The molecule has 0 spiro atoms. The van der Waals surface area contributed by atoms with Crippen molar-refractivity contribution in [1.29, 1.82) is 0 Å². The number of ether oxygens (including phenoxy) is 1. The van der Waals surface area contributed by atoms with E-state index in [0.29, 0.717) is 5.69 Å². The summed E-state index contributed by atoms with van der Waals surface area (Å²) < 4.78 is 5.19. The van der Waals surface area contributed by atoms with E-state index in [1.165, 1.54) is 18.2 Å². The Bertz CT molecular complexity index is 817. The first-order valence-corrected chi connectivity index (χ1v) is 10.5. The molecule has 0 bridgehead atoms. The Balaban J connectivity index is 1.57. The zero-order chi connectivity index (χ0) is 21.8. The zero-order valence-corrected chi connectivity index (χ0v) is 17.7. The van der Waals surface area contributed by atoms with Crippen LogP contribution in [0.4, 0.5) is 10.5 Å². The van der Waals surface area contributed by atoms with Crippen molar-refractivity contribution >= 4 is 29.5 Å². The van der Waals surface area contributed by atoms with E-state index in [1.54, 1.807) is 19.1 Å². The van der Waals surface area contributed by atoms with Crippen LogP contribution in [0.1, 0.15) is 51.5 Å². The Morgan fingerprint density at radius 2 is 1.77 bits per heavy atom. The molecular weight excluding hydrogens is 386 g/mol. The molecule has 1 aromatic carbocycles. The highest BCUT2D eigenvalue weighted by Crippen LogP contribution is 2.26. The number of anilines is 1. The molecule has 1 N–H and O–H groups in total. The average molecular weight is 415 g/mol. The van der Waals surface area contributed by atoms with Gasteiger partial charge in [0.2, 0.25) is 0 Å². The van der Waals surface area contributed by atoms with Gasteiger partial charge in [-0.3, -0.25) is 24.2 Å². The fraction of sp³-hybridized carbons (Fsp3) is 0.545. The number of rotatable bonds is 6. The van der Waals surface area contributed by atoms with E-state index in [1.807, 2.05) is 19.1 Å². The molecule has 1 heterocycles. The quantitative estimate of drug-likeness (QED) is 0.569. The minimum absolute atomic E-state index is 0.109. The topological polar surface area (TPSA) is 96.0 Å². The maximum atomic E-state index is 12.8. The second-order valence-corrected chi connectivity index (χ2v) is 8.06. The molecule has 3 rings (SSSR count). The largest absolute Gasteiger partial charge is 0.451 e. The number of nitrogens with one attached hydrogen (secondary N) is 1. The summed E-state index contributed by atoms with van der Waals surface area (Å²) in [5, 5.41) is 2.90. The summed E-state index contributed by atoms with van der Waals surface area (Å²) >= 11 is 0. The van der Waals surface area contributed by atoms with Gasteiger partial charge in [-0.2, -0.15) is 0 Å². The van der Waals surface area contributed by atoms with Gasteiger partial charge in [-0.05, 0) is 45.7 Å². The summed E-state index contributed by atoms with van der Waals surface area (Å²) in [6.45, 7) is 4.51. The zero-order valence-electron chi connectivity index (χ0n) is 17.7. The van der Waals surface area contributed by atoms with Crippen molar-refractivity contribution in [1.82, 2.24) is 10.2 Å². The van der Waals surface area contributed by atoms with Crippen LogP contribution in [0.25, 0.3) is 0 Å². The molecule has 8 heteroatoms. The van der Waals surface area contributed by atoms with E-state index in [9.17, 15) is 19.2 Å². The van der Waals surface area contributed by atoms with Crippen LogP contribution in [0.3, 0.4) is 0 Å². The Labute approximate surface area is 176 Å². The highest BCUT2D eigenvalue weighted by atomic mass is 16.5. The molecule has 2 atom stereocenters. The van der Waals surface area contributed by atoms with Crippen LogP contribution in [0, 0.1) is 6.92 Å². The number of aryl methyl sites for hydroxylation is 1. The number of hydrogen-bond donors (Lipinski definition) is 1. The van der Waals surface area contributed by atoms with Crippen LogP contribution in [0.2, 0.25) is 0 Å². The average Bonchev–Trinajstić information content (AvgIpc) is 2.93. The van der Waals surface area contributed by atoms with Crippen LogP contribution < -0.4 is 10.2 Å². The second kappa shape index (κ2) is 9.28. The Hall–Kier alpha value is -2.90. The monoisotopic (exact) mass is 415 g/mol. The van der Waals surface area contributed by atoms with E-state index < -0.39 is 36.6 Å². The lowest BCUT2D eigenvalue weighted by atomic mass is 9.95. The third kappa shape index (κ3) is 4.80. The normalized spacial score (nSPS) is 21.0. The summed E-state index contributed by atoms with van der Waals surface area (Å²) in [5.41, 5.74) is 1.62. The van der Waals surface area contributed by atoms with Crippen LogP contribution in [0.5, 0.6) is 0 Å². The van der Waals surface area contributed by atoms with Crippen molar-refractivity contribution < 1.29 is 23.9 Å². The number of nitrogens with zero attached hydrogens (tertiary/aromatic N) is 2. The Morgan fingerprint density at radius 1 is 1.13 bits per heavy atom. The van der Waals surface area contributed by atoms with Gasteiger partial charge in [0.15, 0.2) is 6.10 Å². The number of hydrogen-bond acceptors (Lipinski definition) is 5. The molecule has 1 aromatic rings. The van der Waals surface area contributed by atoms with Gasteiger partial charge in [0, 0.05) is 11.7 Å². The summed E-state index contributed by atoms with van der Waals surface area (Å²) in [5.74, 6) is -1.62. The number of imide groups is 1. The molecule has 2 fully saturated rings. The van der Waals surface area contributed by atoms with E-state index in [4.69, 9.17) is 4.74 Å². The number of benzene rings is 1. The standard InChI is InChI=1S/C22H29N3O5/c1-14-9-11-18(12-10-14)25-15(2)21(28)24(22(25)29)13-19(26)30-16(3)20(27)23-17-7-5-4-6-8-17/h9-12,15-17H,4-8,13H2,1-3H3,(H,23,27)/t15-,16-/m0/s1. The van der Waals surface area contributed by atoms with Crippen LogP contribution >= 0.6 is 0 Å². The number of esters is 1. The lowest BCUT2D eigenvalue weighted by Gasteiger charge is -2.24. The molecule has 0 radical (unpaired) electrons. The molecular formula is C22H29N3O5. The van der Waals surface area contributed by atoms with Gasteiger partial charge >= 0.3 is 12.0 Å². The maximum absolute atomic E-state index is 12.8. The van der Waals surface area contributed by atoms with Gasteiger partial charge in [0.05, 0.1) is 0 Å². The summed E-state index contributed by atoms with van der Waals surface area (Å²) in [7, 11) is 0. The minimum Gasteiger partial charge on any atom is -0.451 e. The molecule has 0 unspecified atom stereocenters. The molecule has 1 aliphatic heterocycles. The molecule has 2 aliphatic rings. The molecule has 30 heavy (non-hydrogen) atoms. The predicted molar refractivity (Wildman–Crippen MR) is 111 cm³/mol. The number of carbonyl (C=O) groups excluding carboxylic acids is 4. The number of urea groups is 1. The predicted octanol–water partition coefficient (Wildman–Crippen LogP) is 2.53. The molecule has 4 amide bonds. The van der Waals surface area contributed by atoms with Crippen molar-refractivity contribution in [2.24, 2.45) is 0 Å². The Kier molecular flexibility index (Phi) is 6.74. The fourth-order valence-corrected chi connectivity index (χ4v) is 3.89. The molecule has 1 saturated heterocycles. The molecule has 162 valence electrons.